The summed E-state index contributed by atoms with van der Waals surface area (Å²) < 4.78 is 6.42. The first-order valence-electron chi connectivity index (χ1n) is 12.4. The molecule has 9 heteroatoms. The summed E-state index contributed by atoms with van der Waals surface area (Å²) in [4.78, 5) is 32.4. The number of hydrogen-bond donors (Lipinski definition) is 2. The number of amides is 1. The van der Waals surface area contributed by atoms with Gasteiger partial charge in [0.05, 0.1) is 22.5 Å². The monoisotopic (exact) mass is 504 g/mol. The Morgan fingerprint density at radius 1 is 1.19 bits per heavy atom. The highest BCUT2D eigenvalue weighted by atomic mass is 35.5. The van der Waals surface area contributed by atoms with Crippen LogP contribution in [0.2, 0.25) is 5.28 Å². The Kier molecular flexibility index (Phi) is 5.61. The molecular weight excluding hydrogens is 476 g/mol. The predicted octanol–water partition coefficient (Wildman–Crippen LogP) is 4.67. The molecule has 3 aliphatic rings. The second-order valence-corrected chi connectivity index (χ2v) is 10.5. The van der Waals surface area contributed by atoms with Crippen molar-refractivity contribution in [3.05, 3.63) is 57.3 Å². The lowest BCUT2D eigenvalue weighted by molar-refractivity contribution is 0.0955. The van der Waals surface area contributed by atoms with Crippen molar-refractivity contribution in [2.45, 2.75) is 52.0 Å². The Morgan fingerprint density at radius 2 is 2.03 bits per heavy atom. The van der Waals surface area contributed by atoms with Gasteiger partial charge in [0.15, 0.2) is 0 Å². The van der Waals surface area contributed by atoms with E-state index in [9.17, 15) is 4.79 Å². The minimum atomic E-state index is 0.00378. The summed E-state index contributed by atoms with van der Waals surface area (Å²) in [6.45, 7) is 10.7. The minimum Gasteiger partial charge on any atom is -0.420 e. The highest BCUT2D eigenvalue weighted by Crippen LogP contribution is 2.45. The van der Waals surface area contributed by atoms with Gasteiger partial charge in [-0.2, -0.15) is 4.98 Å². The van der Waals surface area contributed by atoms with Crippen LogP contribution in [0.3, 0.4) is 0 Å². The number of nitrogens with one attached hydrogen (secondary N) is 2. The number of allylic oxidation sites excluding steroid dienone is 1. The topological polar surface area (TPSA) is 96.0 Å². The molecule has 2 N–H and O–H groups in total. The molecule has 0 saturated heterocycles. The van der Waals surface area contributed by atoms with Crippen LogP contribution in [0.15, 0.2) is 12.8 Å². The van der Waals surface area contributed by atoms with E-state index in [2.05, 4.69) is 45.7 Å². The molecule has 0 aromatic carbocycles. The maximum absolute atomic E-state index is 13.0. The zero-order valence-electron chi connectivity index (χ0n) is 20.8. The van der Waals surface area contributed by atoms with Crippen LogP contribution in [0.5, 0.6) is 11.8 Å². The van der Waals surface area contributed by atoms with E-state index in [1.54, 1.807) is 0 Å². The van der Waals surface area contributed by atoms with Gasteiger partial charge in [-0.1, -0.05) is 13.5 Å². The summed E-state index contributed by atoms with van der Waals surface area (Å²) in [5.74, 6) is 1.12. The van der Waals surface area contributed by atoms with Crippen molar-refractivity contribution in [1.29, 1.82) is 0 Å². The van der Waals surface area contributed by atoms with E-state index in [0.29, 0.717) is 24.8 Å². The fourth-order valence-electron chi connectivity index (χ4n) is 5.69. The van der Waals surface area contributed by atoms with Crippen molar-refractivity contribution in [2.24, 2.45) is 0 Å². The predicted molar refractivity (Wildman–Crippen MR) is 139 cm³/mol. The molecule has 0 spiro atoms. The SMILES string of the molecule is C=C(C)c1c(Oc2nc(Cl)nc3c2CN(C)CC3)ncc2c1-c1[nH]c3c(c1CC2)C(=O)NCCC3C. The smallest absolute Gasteiger partial charge is 0.253 e. The Bertz CT molecular complexity index is 1430. The maximum atomic E-state index is 13.0. The van der Waals surface area contributed by atoms with Crippen LogP contribution in [0, 0.1) is 0 Å². The maximum Gasteiger partial charge on any atom is 0.253 e. The van der Waals surface area contributed by atoms with Gasteiger partial charge in [0.1, 0.15) is 0 Å². The molecule has 0 bridgehead atoms. The molecule has 3 aromatic rings. The van der Waals surface area contributed by atoms with Crippen molar-refractivity contribution in [1.82, 2.24) is 30.2 Å². The number of halogens is 1. The zero-order chi connectivity index (χ0) is 25.1. The second-order valence-electron chi connectivity index (χ2n) is 10.1. The first kappa shape index (κ1) is 23.2. The number of H-pyrrole nitrogens is 1. The van der Waals surface area contributed by atoms with Gasteiger partial charge in [-0.25, -0.2) is 9.97 Å². The lowest BCUT2D eigenvalue weighted by atomic mass is 9.85. The second kappa shape index (κ2) is 8.71. The van der Waals surface area contributed by atoms with E-state index in [4.69, 9.17) is 21.3 Å². The number of carbonyl (C=O) groups excluding carboxylic acids is 1. The average Bonchev–Trinajstić information content (AvgIpc) is 3.18. The number of aromatic nitrogens is 4. The summed E-state index contributed by atoms with van der Waals surface area (Å²) in [5, 5.41) is 3.23. The molecule has 1 aliphatic carbocycles. The summed E-state index contributed by atoms with van der Waals surface area (Å²) in [6, 6.07) is 0. The number of aromatic amines is 1. The van der Waals surface area contributed by atoms with Gasteiger partial charge >= 0.3 is 0 Å². The lowest BCUT2D eigenvalue weighted by Crippen LogP contribution is -2.28. The van der Waals surface area contributed by atoms with Crippen molar-refractivity contribution in [2.75, 3.05) is 20.1 Å². The molecule has 8 nitrogen and oxygen atoms in total. The van der Waals surface area contributed by atoms with Crippen molar-refractivity contribution >= 4 is 23.1 Å². The molecule has 36 heavy (non-hydrogen) atoms. The Balaban J connectivity index is 1.51. The molecule has 0 saturated carbocycles. The minimum absolute atomic E-state index is 0.00378. The highest BCUT2D eigenvalue weighted by Gasteiger charge is 2.34. The summed E-state index contributed by atoms with van der Waals surface area (Å²) >= 11 is 6.27. The van der Waals surface area contributed by atoms with E-state index in [-0.39, 0.29) is 17.1 Å². The lowest BCUT2D eigenvalue weighted by Gasteiger charge is -2.26. The molecule has 3 aromatic heterocycles. The number of likely N-dealkylation sites (N-methyl/N-ethyl adjacent to an activating group) is 1. The standard InChI is InChI=1S/C27H29ClN6O2/c1-13(2)19-20-15(5-6-16-21-22(32-23(16)20)14(3)7-9-29-24(21)35)11-30-26(19)36-25-17-12-34(4)10-8-18(17)31-27(28)33-25/h11,14,32H,1,5-10,12H2,2-4H3,(H,29,35). The molecule has 5 heterocycles. The van der Waals surface area contributed by atoms with Crippen molar-refractivity contribution in [3.8, 4) is 23.0 Å². The van der Waals surface area contributed by atoms with Gasteiger partial charge in [-0.05, 0) is 67.5 Å². The van der Waals surface area contributed by atoms with Gasteiger partial charge < -0.3 is 19.9 Å². The van der Waals surface area contributed by atoms with Crippen LogP contribution >= 0.6 is 11.6 Å². The number of nitrogens with zero attached hydrogens (tertiary/aromatic N) is 4. The Morgan fingerprint density at radius 3 is 2.83 bits per heavy atom. The normalized spacial score (nSPS) is 18.9. The van der Waals surface area contributed by atoms with Crippen molar-refractivity contribution in [3.63, 3.8) is 0 Å². The van der Waals surface area contributed by atoms with Crippen LogP contribution in [0.1, 0.15) is 70.2 Å². The molecule has 6 rings (SSSR count). The number of pyridine rings is 1. The summed E-state index contributed by atoms with van der Waals surface area (Å²) in [6.07, 6.45) is 5.13. The largest absolute Gasteiger partial charge is 0.420 e. The van der Waals surface area contributed by atoms with Crippen LogP contribution in [0.25, 0.3) is 16.8 Å². The summed E-state index contributed by atoms with van der Waals surface area (Å²) in [7, 11) is 2.06. The molecule has 0 radical (unpaired) electrons. The quantitative estimate of drug-likeness (QED) is 0.503. The molecule has 1 amide bonds. The molecule has 1 atom stereocenters. The van der Waals surface area contributed by atoms with Gasteiger partial charge in [0, 0.05) is 49.1 Å². The Hall–Kier alpha value is -3.23. The van der Waals surface area contributed by atoms with Crippen molar-refractivity contribution < 1.29 is 9.53 Å². The fourth-order valence-corrected chi connectivity index (χ4v) is 5.87. The third-order valence-corrected chi connectivity index (χ3v) is 7.71. The number of fused-ring (bicyclic) bond motifs is 6. The van der Waals surface area contributed by atoms with Gasteiger partial charge in [-0.3, -0.25) is 4.79 Å². The van der Waals surface area contributed by atoms with E-state index < -0.39 is 0 Å². The third kappa shape index (κ3) is 3.71. The van der Waals surface area contributed by atoms with Gasteiger partial charge in [0.25, 0.3) is 5.91 Å². The van der Waals surface area contributed by atoms with Crippen LogP contribution in [0.4, 0.5) is 0 Å². The molecule has 1 unspecified atom stereocenters. The number of carbonyl (C=O) groups is 1. The number of rotatable bonds is 3. The fraction of sp³-hybridized carbons (Fsp3) is 0.407. The van der Waals surface area contributed by atoms with E-state index >= 15 is 0 Å². The third-order valence-electron chi connectivity index (χ3n) is 7.54. The highest BCUT2D eigenvalue weighted by molar-refractivity contribution is 6.28. The van der Waals surface area contributed by atoms with Crippen LogP contribution in [-0.4, -0.2) is 50.9 Å². The molecule has 186 valence electrons. The molecule has 0 fully saturated rings. The van der Waals surface area contributed by atoms with E-state index in [1.165, 1.54) is 0 Å². The first-order chi connectivity index (χ1) is 17.3. The molecular formula is C27H29ClN6O2. The van der Waals surface area contributed by atoms with E-state index in [0.717, 1.165) is 88.3 Å². The Labute approximate surface area is 215 Å². The zero-order valence-corrected chi connectivity index (χ0v) is 21.6. The number of aryl methyl sites for hydroxylation is 1. The van der Waals surface area contributed by atoms with Gasteiger partial charge in [0.2, 0.25) is 17.0 Å². The number of hydrogen-bond acceptors (Lipinski definition) is 6. The average molecular weight is 505 g/mol. The van der Waals surface area contributed by atoms with Gasteiger partial charge in [-0.15, -0.1) is 0 Å². The van der Waals surface area contributed by atoms with Crippen LogP contribution in [-0.2, 0) is 25.8 Å². The number of ether oxygens (including phenoxy) is 1. The molecule has 2 aliphatic heterocycles. The van der Waals surface area contributed by atoms with Crippen LogP contribution < -0.4 is 10.1 Å². The van der Waals surface area contributed by atoms with E-state index in [1.807, 2.05) is 13.1 Å². The summed E-state index contributed by atoms with van der Waals surface area (Å²) in [5.41, 5.74) is 9.45. The first-order valence-corrected chi connectivity index (χ1v) is 12.8.